The van der Waals surface area contributed by atoms with Crippen LogP contribution in [0.15, 0.2) is 42.6 Å². The van der Waals surface area contributed by atoms with Gasteiger partial charge in [-0.15, -0.1) is 0 Å². The Hall–Kier alpha value is -1.67. The predicted octanol–water partition coefficient (Wildman–Crippen LogP) is 3.25. The highest BCUT2D eigenvalue weighted by atomic mass is 14.8. The van der Waals surface area contributed by atoms with Crippen LogP contribution in [0.3, 0.4) is 0 Å². The van der Waals surface area contributed by atoms with Crippen LogP contribution in [0, 0.1) is 0 Å². The zero-order valence-corrected chi connectivity index (χ0v) is 10.2. The highest BCUT2D eigenvalue weighted by Crippen LogP contribution is 2.13. The van der Waals surface area contributed by atoms with Crippen LogP contribution in [-0.4, -0.2) is 18.1 Å². The van der Waals surface area contributed by atoms with E-state index in [1.54, 1.807) is 0 Å². The lowest BCUT2D eigenvalue weighted by molar-refractivity contribution is 0.727. The highest BCUT2D eigenvalue weighted by molar-refractivity contribution is 5.80. The largest absolute Gasteiger partial charge is 0.317 e. The van der Waals surface area contributed by atoms with E-state index < -0.39 is 0 Å². The molecular weight excluding hydrogens is 208 g/mol. The molecular formula is C15H18N2. The Morgan fingerprint density at radius 1 is 1.29 bits per heavy atom. The molecule has 1 aromatic carbocycles. The van der Waals surface area contributed by atoms with Crippen LogP contribution in [-0.2, 0) is 0 Å². The molecule has 2 nitrogen and oxygen atoms in total. The molecule has 1 N–H and O–H groups in total. The summed E-state index contributed by atoms with van der Waals surface area (Å²) in [6, 6.07) is 10.4. The maximum atomic E-state index is 4.43. The van der Waals surface area contributed by atoms with Gasteiger partial charge in [-0.05, 0) is 37.2 Å². The molecule has 17 heavy (non-hydrogen) atoms. The average molecular weight is 226 g/mol. The summed E-state index contributed by atoms with van der Waals surface area (Å²) in [5.41, 5.74) is 2.22. The SMILES string of the molecule is CCNCCC=Cc1cnc2ccccc2c1. The molecule has 2 rings (SSSR count). The summed E-state index contributed by atoms with van der Waals surface area (Å²) in [6.45, 7) is 4.19. The lowest BCUT2D eigenvalue weighted by atomic mass is 10.1. The Bertz CT molecular complexity index is 503. The van der Waals surface area contributed by atoms with Gasteiger partial charge in [-0.1, -0.05) is 37.3 Å². The molecule has 0 aliphatic rings. The third-order valence-corrected chi connectivity index (χ3v) is 2.66. The summed E-state index contributed by atoms with van der Waals surface area (Å²) in [4.78, 5) is 4.43. The number of fused-ring (bicyclic) bond motifs is 1. The molecule has 0 fully saturated rings. The van der Waals surface area contributed by atoms with E-state index in [2.05, 4.69) is 41.5 Å². The Labute approximate surface area is 102 Å². The van der Waals surface area contributed by atoms with E-state index in [1.807, 2.05) is 24.4 Å². The van der Waals surface area contributed by atoms with Gasteiger partial charge in [0.15, 0.2) is 0 Å². The van der Waals surface area contributed by atoms with Crippen molar-refractivity contribution >= 4 is 17.0 Å². The van der Waals surface area contributed by atoms with Gasteiger partial charge in [-0.25, -0.2) is 0 Å². The smallest absolute Gasteiger partial charge is 0.0702 e. The zero-order chi connectivity index (χ0) is 11.9. The molecule has 0 aliphatic carbocycles. The topological polar surface area (TPSA) is 24.9 Å². The van der Waals surface area contributed by atoms with Crippen molar-refractivity contribution in [2.45, 2.75) is 13.3 Å². The van der Waals surface area contributed by atoms with Crippen molar-refractivity contribution in [2.75, 3.05) is 13.1 Å². The molecule has 0 amide bonds. The first kappa shape index (κ1) is 11.8. The van der Waals surface area contributed by atoms with Crippen molar-refractivity contribution in [1.29, 1.82) is 0 Å². The summed E-state index contributed by atoms with van der Waals surface area (Å²) < 4.78 is 0. The lowest BCUT2D eigenvalue weighted by Gasteiger charge is -1.99. The molecule has 0 spiro atoms. The number of rotatable bonds is 5. The van der Waals surface area contributed by atoms with Gasteiger partial charge in [0.25, 0.3) is 0 Å². The second-order valence-electron chi connectivity index (χ2n) is 4.01. The van der Waals surface area contributed by atoms with E-state index in [1.165, 1.54) is 10.9 Å². The molecule has 0 radical (unpaired) electrons. The van der Waals surface area contributed by atoms with Crippen LogP contribution in [0.2, 0.25) is 0 Å². The fourth-order valence-electron chi connectivity index (χ4n) is 1.76. The minimum Gasteiger partial charge on any atom is -0.317 e. The number of aromatic nitrogens is 1. The first-order valence-corrected chi connectivity index (χ1v) is 6.12. The third kappa shape index (κ3) is 3.40. The summed E-state index contributed by atoms with van der Waals surface area (Å²) in [5.74, 6) is 0. The maximum Gasteiger partial charge on any atom is 0.0702 e. The number of para-hydroxylation sites is 1. The Kier molecular flexibility index (Phi) is 4.28. The molecule has 0 aliphatic heterocycles. The van der Waals surface area contributed by atoms with E-state index in [0.717, 1.165) is 25.0 Å². The fourth-order valence-corrected chi connectivity index (χ4v) is 1.76. The monoisotopic (exact) mass is 226 g/mol. The number of benzene rings is 1. The highest BCUT2D eigenvalue weighted by Gasteiger charge is 1.93. The molecule has 2 aromatic rings. The Balaban J connectivity index is 2.04. The van der Waals surface area contributed by atoms with Gasteiger partial charge in [0.2, 0.25) is 0 Å². The van der Waals surface area contributed by atoms with Crippen LogP contribution in [0.1, 0.15) is 18.9 Å². The van der Waals surface area contributed by atoms with E-state index in [9.17, 15) is 0 Å². The lowest BCUT2D eigenvalue weighted by Crippen LogP contribution is -2.12. The van der Waals surface area contributed by atoms with Crippen LogP contribution in [0.4, 0.5) is 0 Å². The van der Waals surface area contributed by atoms with Gasteiger partial charge in [0, 0.05) is 11.6 Å². The molecule has 1 aromatic heterocycles. The van der Waals surface area contributed by atoms with Crippen molar-refractivity contribution in [3.63, 3.8) is 0 Å². The van der Waals surface area contributed by atoms with Crippen LogP contribution in [0.25, 0.3) is 17.0 Å². The maximum absolute atomic E-state index is 4.43. The molecule has 1 heterocycles. The molecule has 0 bridgehead atoms. The van der Waals surface area contributed by atoms with Gasteiger partial charge in [0.05, 0.1) is 5.52 Å². The molecule has 0 unspecified atom stereocenters. The predicted molar refractivity (Wildman–Crippen MR) is 73.9 cm³/mol. The average Bonchev–Trinajstić information content (AvgIpc) is 2.38. The summed E-state index contributed by atoms with van der Waals surface area (Å²) in [6.07, 6.45) is 7.30. The van der Waals surface area contributed by atoms with Crippen molar-refractivity contribution < 1.29 is 0 Å². The zero-order valence-electron chi connectivity index (χ0n) is 10.2. The standard InChI is InChI=1S/C15H18N2/c1-2-16-10-6-5-7-13-11-14-8-3-4-9-15(14)17-12-13/h3-5,7-9,11-12,16H,2,6,10H2,1H3. The number of pyridine rings is 1. The van der Waals surface area contributed by atoms with Crippen molar-refractivity contribution in [1.82, 2.24) is 10.3 Å². The van der Waals surface area contributed by atoms with E-state index >= 15 is 0 Å². The van der Waals surface area contributed by atoms with Crippen molar-refractivity contribution in [3.05, 3.63) is 48.2 Å². The van der Waals surface area contributed by atoms with Gasteiger partial charge in [0.1, 0.15) is 0 Å². The minimum atomic E-state index is 1.03. The van der Waals surface area contributed by atoms with Crippen LogP contribution >= 0.6 is 0 Å². The molecule has 0 atom stereocenters. The number of nitrogens with one attached hydrogen (secondary N) is 1. The van der Waals surface area contributed by atoms with E-state index in [4.69, 9.17) is 0 Å². The van der Waals surface area contributed by atoms with Gasteiger partial charge < -0.3 is 5.32 Å². The Morgan fingerprint density at radius 2 is 2.18 bits per heavy atom. The second-order valence-corrected chi connectivity index (χ2v) is 4.01. The van der Waals surface area contributed by atoms with Crippen molar-refractivity contribution in [3.8, 4) is 0 Å². The third-order valence-electron chi connectivity index (χ3n) is 2.66. The van der Waals surface area contributed by atoms with Gasteiger partial charge >= 0.3 is 0 Å². The van der Waals surface area contributed by atoms with E-state index in [-0.39, 0.29) is 0 Å². The molecule has 0 saturated heterocycles. The van der Waals surface area contributed by atoms with Crippen LogP contribution in [0.5, 0.6) is 0 Å². The van der Waals surface area contributed by atoms with E-state index in [0.29, 0.717) is 0 Å². The summed E-state index contributed by atoms with van der Waals surface area (Å²) in [7, 11) is 0. The molecule has 88 valence electrons. The van der Waals surface area contributed by atoms with Crippen LogP contribution < -0.4 is 5.32 Å². The second kappa shape index (κ2) is 6.16. The molecule has 2 heteroatoms. The summed E-state index contributed by atoms with van der Waals surface area (Å²) in [5, 5.41) is 4.49. The first-order valence-electron chi connectivity index (χ1n) is 6.12. The quantitative estimate of drug-likeness (QED) is 0.792. The fraction of sp³-hybridized carbons (Fsp3) is 0.267. The summed E-state index contributed by atoms with van der Waals surface area (Å²) >= 11 is 0. The number of nitrogens with zero attached hydrogens (tertiary/aromatic N) is 1. The van der Waals surface area contributed by atoms with Crippen molar-refractivity contribution in [2.24, 2.45) is 0 Å². The minimum absolute atomic E-state index is 1.03. The molecule has 0 saturated carbocycles. The van der Waals surface area contributed by atoms with Gasteiger partial charge in [-0.2, -0.15) is 0 Å². The normalized spacial score (nSPS) is 11.4. The first-order chi connectivity index (χ1) is 8.40. The van der Waals surface area contributed by atoms with Gasteiger partial charge in [-0.3, -0.25) is 4.98 Å². The number of hydrogen-bond acceptors (Lipinski definition) is 2. The Morgan fingerprint density at radius 3 is 3.06 bits per heavy atom. The number of hydrogen-bond donors (Lipinski definition) is 1.